The van der Waals surface area contributed by atoms with Crippen LogP contribution >= 0.6 is 11.3 Å². The molecule has 0 atom stereocenters. The Morgan fingerprint density at radius 1 is 1.00 bits per heavy atom. The quantitative estimate of drug-likeness (QED) is 0.552. The maximum Gasteiger partial charge on any atom is 0.303 e. The molecule has 1 heterocycles. The number of aliphatic carboxylic acids is 1. The summed E-state index contributed by atoms with van der Waals surface area (Å²) in [5.74, 6) is -1.13. The second-order valence-electron chi connectivity index (χ2n) is 5.66. The molecule has 0 unspecified atom stereocenters. The van der Waals surface area contributed by atoms with E-state index in [0.29, 0.717) is 37.9 Å². The van der Waals surface area contributed by atoms with Gasteiger partial charge < -0.3 is 15.7 Å². The summed E-state index contributed by atoms with van der Waals surface area (Å²) in [5, 5.41) is 16.7. The summed E-state index contributed by atoms with van der Waals surface area (Å²) in [5.41, 5.74) is 1.33. The molecule has 0 fully saturated rings. The standard InChI is InChI=1S/C18H21N3O4S/c22-15(8-4-5-9-17(23)24)19-10-14-12-26-16(21-14)11-20-18(25)13-6-2-1-3-7-13/h1-3,6-7,12H,4-5,8-11H2,(H,19,22)(H,20,25)(H,23,24). The lowest BCUT2D eigenvalue weighted by molar-refractivity contribution is -0.137. The van der Waals surface area contributed by atoms with E-state index < -0.39 is 5.97 Å². The normalized spacial score (nSPS) is 10.3. The van der Waals surface area contributed by atoms with Crippen LogP contribution in [0.1, 0.15) is 46.7 Å². The predicted octanol–water partition coefficient (Wildman–Crippen LogP) is 2.33. The van der Waals surface area contributed by atoms with Gasteiger partial charge in [0.2, 0.25) is 5.91 Å². The van der Waals surface area contributed by atoms with Gasteiger partial charge in [-0.25, -0.2) is 4.98 Å². The van der Waals surface area contributed by atoms with E-state index in [4.69, 9.17) is 5.11 Å². The molecule has 0 aliphatic rings. The molecule has 7 nitrogen and oxygen atoms in total. The summed E-state index contributed by atoms with van der Waals surface area (Å²) >= 11 is 1.42. The second-order valence-corrected chi connectivity index (χ2v) is 6.60. The van der Waals surface area contributed by atoms with Crippen molar-refractivity contribution in [2.75, 3.05) is 0 Å². The number of nitrogens with zero attached hydrogens (tertiary/aromatic N) is 1. The summed E-state index contributed by atoms with van der Waals surface area (Å²) in [6.45, 7) is 0.655. The maximum absolute atomic E-state index is 12.0. The Hall–Kier alpha value is -2.74. The molecule has 0 bridgehead atoms. The number of rotatable bonds is 10. The van der Waals surface area contributed by atoms with E-state index in [1.165, 1.54) is 11.3 Å². The molecule has 26 heavy (non-hydrogen) atoms. The Balaban J connectivity index is 1.68. The van der Waals surface area contributed by atoms with Crippen molar-refractivity contribution in [2.45, 2.75) is 38.8 Å². The van der Waals surface area contributed by atoms with E-state index in [-0.39, 0.29) is 18.2 Å². The minimum absolute atomic E-state index is 0.0808. The first kappa shape index (κ1) is 19.6. The van der Waals surface area contributed by atoms with Gasteiger partial charge in [-0.15, -0.1) is 11.3 Å². The van der Waals surface area contributed by atoms with Crippen molar-refractivity contribution in [2.24, 2.45) is 0 Å². The molecule has 8 heteroatoms. The molecule has 2 amide bonds. The third kappa shape index (κ3) is 7.02. The average molecular weight is 375 g/mol. The number of thiazole rings is 1. The van der Waals surface area contributed by atoms with Crippen LogP contribution in [0.15, 0.2) is 35.7 Å². The van der Waals surface area contributed by atoms with Crippen LogP contribution in [0.2, 0.25) is 0 Å². The number of nitrogens with one attached hydrogen (secondary N) is 2. The first-order valence-corrected chi connectivity index (χ1v) is 9.17. The highest BCUT2D eigenvalue weighted by Gasteiger charge is 2.08. The first-order chi connectivity index (χ1) is 12.5. The van der Waals surface area contributed by atoms with Gasteiger partial charge in [0, 0.05) is 23.8 Å². The topological polar surface area (TPSA) is 108 Å². The fourth-order valence-electron chi connectivity index (χ4n) is 2.20. The van der Waals surface area contributed by atoms with Crippen molar-refractivity contribution in [3.8, 4) is 0 Å². The van der Waals surface area contributed by atoms with Crippen LogP contribution in [0.4, 0.5) is 0 Å². The monoisotopic (exact) mass is 375 g/mol. The molecule has 1 aromatic carbocycles. The Kier molecular flexibility index (Phi) is 7.75. The van der Waals surface area contributed by atoms with Gasteiger partial charge in [0.25, 0.3) is 5.91 Å². The number of carbonyl (C=O) groups is 3. The molecule has 0 aliphatic carbocycles. The zero-order valence-electron chi connectivity index (χ0n) is 14.2. The van der Waals surface area contributed by atoms with Crippen molar-refractivity contribution in [1.29, 1.82) is 0 Å². The van der Waals surface area contributed by atoms with Crippen molar-refractivity contribution in [1.82, 2.24) is 15.6 Å². The minimum atomic E-state index is -0.847. The van der Waals surface area contributed by atoms with Gasteiger partial charge in [-0.1, -0.05) is 18.2 Å². The average Bonchev–Trinajstić information content (AvgIpc) is 3.10. The zero-order valence-corrected chi connectivity index (χ0v) is 15.1. The minimum Gasteiger partial charge on any atom is -0.481 e. The van der Waals surface area contributed by atoms with Crippen LogP contribution in [0, 0.1) is 0 Å². The number of carbonyl (C=O) groups excluding carboxylic acids is 2. The lowest BCUT2D eigenvalue weighted by atomic mass is 10.2. The summed E-state index contributed by atoms with van der Waals surface area (Å²) < 4.78 is 0. The van der Waals surface area contributed by atoms with E-state index in [2.05, 4.69) is 15.6 Å². The zero-order chi connectivity index (χ0) is 18.8. The smallest absolute Gasteiger partial charge is 0.303 e. The number of hydrogen-bond acceptors (Lipinski definition) is 5. The summed E-state index contributed by atoms with van der Waals surface area (Å²) in [4.78, 5) is 38.5. The Bertz CT molecular complexity index is 746. The number of aromatic nitrogens is 1. The maximum atomic E-state index is 12.0. The van der Waals surface area contributed by atoms with Gasteiger partial charge >= 0.3 is 5.97 Å². The number of carboxylic acid groups (broad SMARTS) is 1. The molecule has 0 aliphatic heterocycles. The molecule has 0 radical (unpaired) electrons. The predicted molar refractivity (Wildman–Crippen MR) is 97.7 cm³/mol. The van der Waals surface area contributed by atoms with E-state index in [1.807, 2.05) is 11.4 Å². The van der Waals surface area contributed by atoms with E-state index in [0.717, 1.165) is 10.7 Å². The highest BCUT2D eigenvalue weighted by Crippen LogP contribution is 2.10. The van der Waals surface area contributed by atoms with Gasteiger partial charge in [0.15, 0.2) is 0 Å². The second kappa shape index (κ2) is 10.3. The molecule has 2 aromatic rings. The number of benzene rings is 1. The van der Waals surface area contributed by atoms with Crippen LogP contribution in [0.5, 0.6) is 0 Å². The molecule has 0 saturated carbocycles. The van der Waals surface area contributed by atoms with Gasteiger partial charge in [-0.3, -0.25) is 14.4 Å². The molecule has 138 valence electrons. The lowest BCUT2D eigenvalue weighted by Gasteiger charge is -2.03. The molecule has 2 rings (SSSR count). The number of carboxylic acids is 1. The van der Waals surface area contributed by atoms with E-state index in [1.54, 1.807) is 24.3 Å². The van der Waals surface area contributed by atoms with E-state index >= 15 is 0 Å². The third-order valence-electron chi connectivity index (χ3n) is 3.55. The van der Waals surface area contributed by atoms with Crippen molar-refractivity contribution >= 4 is 29.1 Å². The van der Waals surface area contributed by atoms with Crippen LogP contribution in [-0.2, 0) is 22.7 Å². The van der Waals surface area contributed by atoms with Crippen LogP contribution in [-0.4, -0.2) is 27.9 Å². The Morgan fingerprint density at radius 2 is 1.73 bits per heavy atom. The largest absolute Gasteiger partial charge is 0.481 e. The van der Waals surface area contributed by atoms with Crippen molar-refractivity contribution in [3.63, 3.8) is 0 Å². The van der Waals surface area contributed by atoms with Gasteiger partial charge in [0.1, 0.15) is 5.01 Å². The summed E-state index contributed by atoms with van der Waals surface area (Å²) in [6, 6.07) is 8.95. The van der Waals surface area contributed by atoms with E-state index in [9.17, 15) is 14.4 Å². The first-order valence-electron chi connectivity index (χ1n) is 8.29. The SMILES string of the molecule is O=C(O)CCCCC(=O)NCc1csc(CNC(=O)c2ccccc2)n1. The highest BCUT2D eigenvalue weighted by molar-refractivity contribution is 7.09. The molecule has 3 N–H and O–H groups in total. The number of unbranched alkanes of at least 4 members (excludes halogenated alkanes) is 1. The molecule has 0 spiro atoms. The molecular weight excluding hydrogens is 354 g/mol. The fourth-order valence-corrected chi connectivity index (χ4v) is 2.93. The van der Waals surface area contributed by atoms with Crippen LogP contribution in [0.3, 0.4) is 0 Å². The number of amides is 2. The molecule has 0 saturated heterocycles. The molecular formula is C18H21N3O4S. The number of hydrogen-bond donors (Lipinski definition) is 3. The third-order valence-corrected chi connectivity index (χ3v) is 4.44. The Morgan fingerprint density at radius 3 is 2.46 bits per heavy atom. The van der Waals surface area contributed by atoms with Crippen LogP contribution < -0.4 is 10.6 Å². The van der Waals surface area contributed by atoms with Crippen molar-refractivity contribution in [3.05, 3.63) is 52.0 Å². The lowest BCUT2D eigenvalue weighted by Crippen LogP contribution is -2.23. The Labute approximate surface area is 155 Å². The van der Waals surface area contributed by atoms with Gasteiger partial charge in [-0.2, -0.15) is 0 Å². The van der Waals surface area contributed by atoms with Crippen molar-refractivity contribution < 1.29 is 19.5 Å². The van der Waals surface area contributed by atoms with Gasteiger partial charge in [0.05, 0.1) is 18.8 Å². The molecule has 1 aromatic heterocycles. The van der Waals surface area contributed by atoms with Crippen LogP contribution in [0.25, 0.3) is 0 Å². The fraction of sp³-hybridized carbons (Fsp3) is 0.333. The highest BCUT2D eigenvalue weighted by atomic mass is 32.1. The summed E-state index contributed by atoms with van der Waals surface area (Å²) in [6.07, 6.45) is 1.42. The van der Waals surface area contributed by atoms with Gasteiger partial charge in [-0.05, 0) is 25.0 Å². The summed E-state index contributed by atoms with van der Waals surface area (Å²) in [7, 11) is 0.